The summed E-state index contributed by atoms with van der Waals surface area (Å²) in [6, 6.07) is 18.0. The Bertz CT molecular complexity index is 1090. The van der Waals surface area contributed by atoms with Crippen molar-refractivity contribution in [2.24, 2.45) is 10.8 Å². The molecule has 0 fully saturated rings. The van der Waals surface area contributed by atoms with Crippen molar-refractivity contribution in [3.05, 3.63) is 81.9 Å². The van der Waals surface area contributed by atoms with Crippen molar-refractivity contribution in [3.63, 3.8) is 0 Å². The van der Waals surface area contributed by atoms with Gasteiger partial charge in [-0.15, -0.1) is 0 Å². The maximum absolute atomic E-state index is 7.36. The summed E-state index contributed by atoms with van der Waals surface area (Å²) in [5.41, 5.74) is 8.32. The smallest absolute Gasteiger partial charge is 1.00 e. The van der Waals surface area contributed by atoms with Gasteiger partial charge in [0.05, 0.1) is 0 Å². The van der Waals surface area contributed by atoms with E-state index in [1.165, 1.54) is 33.4 Å². The first-order valence-electron chi connectivity index (χ1n) is 13.0. The Morgan fingerprint density at radius 2 is 0.919 bits per heavy atom. The van der Waals surface area contributed by atoms with Gasteiger partial charge in [-0.25, -0.2) is 0 Å². The number of hydrogen-bond acceptors (Lipinski definition) is 2. The zero-order valence-corrected chi connectivity index (χ0v) is 30.3. The fourth-order valence-corrected chi connectivity index (χ4v) is 18.0. The van der Waals surface area contributed by atoms with Crippen LogP contribution in [0.3, 0.4) is 0 Å². The van der Waals surface area contributed by atoms with Crippen LogP contribution in [0.2, 0.25) is 26.2 Å². The molecule has 2 aromatic rings. The molecule has 0 saturated heterocycles. The summed E-state index contributed by atoms with van der Waals surface area (Å²) in [5, 5.41) is 0. The van der Waals surface area contributed by atoms with Crippen molar-refractivity contribution in [3.8, 4) is 0 Å². The molecule has 200 valence electrons. The minimum absolute atomic E-state index is 0. The van der Waals surface area contributed by atoms with E-state index in [2.05, 4.69) is 128 Å². The predicted octanol–water partition coefficient (Wildman–Crippen LogP) is 1.67. The van der Waals surface area contributed by atoms with Crippen molar-refractivity contribution in [1.29, 1.82) is 0 Å². The van der Waals surface area contributed by atoms with Crippen LogP contribution in [-0.2, 0) is 38.7 Å². The van der Waals surface area contributed by atoms with Crippen molar-refractivity contribution in [1.82, 2.24) is 0 Å². The minimum Gasteiger partial charge on any atom is -1.00 e. The van der Waals surface area contributed by atoms with Crippen molar-refractivity contribution in [2.75, 3.05) is 0 Å². The average Bonchev–Trinajstić information content (AvgIpc) is 3.21. The van der Waals surface area contributed by atoms with Crippen LogP contribution in [0.25, 0.3) is 12.2 Å². The molecule has 2 aliphatic carbocycles. The molecular weight excluding hydrogens is 611 g/mol. The molecule has 2 atom stereocenters. The second-order valence-electron chi connectivity index (χ2n) is 12.6. The van der Waals surface area contributed by atoms with Crippen molar-refractivity contribution < 1.29 is 56.9 Å². The first-order valence-corrected chi connectivity index (χ1v) is 21.0. The monoisotopic (exact) mass is 650 g/mol. The summed E-state index contributed by atoms with van der Waals surface area (Å²) in [6.45, 7) is 23.5. The van der Waals surface area contributed by atoms with E-state index in [4.69, 9.17) is 8.85 Å². The Labute approximate surface area is 252 Å². The Kier molecular flexibility index (Phi) is 10.4. The fraction of sp³-hybridized carbons (Fsp3) is 0.467. The molecule has 7 heteroatoms. The Balaban J connectivity index is 0.00000241. The molecule has 0 N–H and O–H groups in total. The SMILES string of the molecule is C[SiH](C)O[C]1([Zr+2][C]2(O[SiH](C)C)C(C(C)(C)C)=Cc3ccccc32)C(C(C)(C)C)=Cc2ccccc21.[Cl-].[Cl-]. The Hall–Kier alpha value is -0.263. The van der Waals surface area contributed by atoms with Crippen LogP contribution >= 0.6 is 0 Å². The molecule has 0 spiro atoms. The van der Waals surface area contributed by atoms with Crippen LogP contribution in [0.4, 0.5) is 0 Å². The molecule has 2 aromatic carbocycles. The summed E-state index contributed by atoms with van der Waals surface area (Å²) in [6.07, 6.45) is 4.91. The first kappa shape index (κ1) is 32.9. The molecule has 0 bridgehead atoms. The predicted molar refractivity (Wildman–Crippen MR) is 151 cm³/mol. The largest absolute Gasteiger partial charge is 1.00 e. The van der Waals surface area contributed by atoms with Gasteiger partial charge in [0.25, 0.3) is 0 Å². The van der Waals surface area contributed by atoms with E-state index in [1.807, 2.05) is 0 Å². The minimum atomic E-state index is -1.54. The van der Waals surface area contributed by atoms with Crippen molar-refractivity contribution in [2.45, 2.75) is 74.3 Å². The molecule has 0 aliphatic heterocycles. The van der Waals surface area contributed by atoms with Crippen LogP contribution in [0, 0.1) is 10.8 Å². The molecule has 0 aromatic heterocycles. The van der Waals surface area contributed by atoms with E-state index in [-0.39, 0.29) is 42.3 Å². The normalized spacial score (nSPS) is 22.5. The number of halogens is 2. The summed E-state index contributed by atoms with van der Waals surface area (Å²) < 4.78 is 14.0. The zero-order chi connectivity index (χ0) is 25.8. The van der Waals surface area contributed by atoms with E-state index in [1.54, 1.807) is 0 Å². The fourth-order valence-electron chi connectivity index (χ4n) is 5.72. The van der Waals surface area contributed by atoms with Gasteiger partial charge < -0.3 is 24.8 Å². The molecule has 0 amide bonds. The molecule has 0 radical (unpaired) electrons. The third kappa shape index (κ3) is 6.09. The summed E-state index contributed by atoms with van der Waals surface area (Å²) in [5.74, 6) is 0. The van der Waals surface area contributed by atoms with Crippen LogP contribution in [0.15, 0.2) is 59.7 Å². The molecule has 0 heterocycles. The van der Waals surface area contributed by atoms with Gasteiger partial charge in [-0.2, -0.15) is 0 Å². The Morgan fingerprint density at radius 3 is 1.22 bits per heavy atom. The molecule has 0 saturated carbocycles. The standard InChI is InChI=1S/2C15H21OSi.2ClH.Zr/c2*1-15(2,3)13-10-11-8-6-7-9-12(11)14(13)16-17(4)5;;;/h2*6-10,17H,1-5H3;2*1H;/q;;;;+2/p-2. The third-order valence-corrected chi connectivity index (χ3v) is 14.6. The number of hydrogen-bond donors (Lipinski definition) is 0. The van der Waals surface area contributed by atoms with Gasteiger partial charge in [0.2, 0.25) is 0 Å². The third-order valence-electron chi connectivity index (χ3n) is 6.83. The van der Waals surface area contributed by atoms with Crippen LogP contribution in [0.5, 0.6) is 0 Å². The van der Waals surface area contributed by atoms with Gasteiger partial charge in [-0.05, 0) is 0 Å². The average molecular weight is 653 g/mol. The molecule has 2 nitrogen and oxygen atoms in total. The maximum Gasteiger partial charge on any atom is -1.00 e. The molecule has 37 heavy (non-hydrogen) atoms. The van der Waals surface area contributed by atoms with Crippen LogP contribution in [0.1, 0.15) is 63.8 Å². The van der Waals surface area contributed by atoms with Gasteiger partial charge >= 0.3 is 229 Å². The summed E-state index contributed by atoms with van der Waals surface area (Å²) in [7, 11) is -2.79. The van der Waals surface area contributed by atoms with E-state index in [0.717, 1.165) is 0 Å². The van der Waals surface area contributed by atoms with Gasteiger partial charge in [-0.1, -0.05) is 0 Å². The molecule has 4 rings (SSSR count). The summed E-state index contributed by atoms with van der Waals surface area (Å²) in [4.78, 5) is 0. The second-order valence-corrected chi connectivity index (χ2v) is 21.4. The van der Waals surface area contributed by atoms with Crippen molar-refractivity contribution >= 4 is 30.2 Å². The quantitative estimate of drug-likeness (QED) is 0.443. The number of rotatable bonds is 6. The molecule has 2 aliphatic rings. The van der Waals surface area contributed by atoms with Gasteiger partial charge in [-0.3, -0.25) is 0 Å². The molecule has 2 unspecified atom stereocenters. The zero-order valence-electron chi connectivity index (χ0n) is 24.0. The first-order chi connectivity index (χ1) is 16.2. The topological polar surface area (TPSA) is 18.5 Å². The van der Waals surface area contributed by atoms with Gasteiger partial charge in [0, 0.05) is 0 Å². The molecular formula is C30H42Cl2O2Si2Zr. The van der Waals surface area contributed by atoms with E-state index >= 15 is 0 Å². The van der Waals surface area contributed by atoms with Gasteiger partial charge in [0.1, 0.15) is 0 Å². The van der Waals surface area contributed by atoms with Crippen LogP contribution < -0.4 is 24.8 Å². The number of benzene rings is 2. The van der Waals surface area contributed by atoms with E-state index in [9.17, 15) is 0 Å². The maximum atomic E-state index is 7.36. The number of fused-ring (bicyclic) bond motifs is 2. The summed E-state index contributed by atoms with van der Waals surface area (Å²) >= 11 is -1.54. The van der Waals surface area contributed by atoms with E-state index < -0.39 is 41.3 Å². The van der Waals surface area contributed by atoms with E-state index in [0.29, 0.717) is 0 Å². The Morgan fingerprint density at radius 1 is 0.595 bits per heavy atom. The van der Waals surface area contributed by atoms with Crippen LogP contribution in [-0.4, -0.2) is 18.1 Å². The second kappa shape index (κ2) is 11.7. The van der Waals surface area contributed by atoms with Gasteiger partial charge in [0.15, 0.2) is 0 Å².